The third-order valence-corrected chi connectivity index (χ3v) is 5.97. The van der Waals surface area contributed by atoms with E-state index in [1.54, 1.807) is 40.8 Å². The number of carboxylic acid groups (broad SMARTS) is 1. The minimum Gasteiger partial charge on any atom is -0.478 e. The number of carboxylic acids is 1. The average Bonchev–Trinajstić information content (AvgIpc) is 3.39. The monoisotopic (exact) mass is 416 g/mol. The molecule has 3 heterocycles. The standard InChI is InChI=1S/C23H16N2O4S/c1-12-9-13(2)20-17(10-12)25-21(26)19(30-23(25)24-20)11-14-7-8-18(29-14)15-5-3-4-6-16(15)22(27)28/h3-11H,1-2H3,(H,27,28). The Balaban J connectivity index is 1.64. The zero-order chi connectivity index (χ0) is 21.0. The van der Waals surface area contributed by atoms with Crippen molar-refractivity contribution in [3.05, 3.63) is 85.9 Å². The number of hydrogen-bond acceptors (Lipinski definition) is 5. The number of nitrogens with zero attached hydrogens (tertiary/aromatic N) is 2. The van der Waals surface area contributed by atoms with Crippen molar-refractivity contribution in [1.82, 2.24) is 9.38 Å². The van der Waals surface area contributed by atoms with Crippen LogP contribution in [0.1, 0.15) is 27.2 Å². The first-order valence-electron chi connectivity index (χ1n) is 9.29. The summed E-state index contributed by atoms with van der Waals surface area (Å²) in [6.45, 7) is 3.98. The molecule has 0 saturated heterocycles. The Kier molecular flexibility index (Phi) is 4.08. The number of hydrogen-bond donors (Lipinski definition) is 1. The molecule has 0 fully saturated rings. The number of aromatic nitrogens is 2. The zero-order valence-electron chi connectivity index (χ0n) is 16.2. The highest BCUT2D eigenvalue weighted by Gasteiger charge is 2.15. The SMILES string of the molecule is Cc1cc(C)c2nc3sc(=Cc4ccc(-c5ccccc5C(=O)O)o4)c(=O)n3c2c1. The van der Waals surface area contributed by atoms with Crippen LogP contribution in [0.4, 0.5) is 0 Å². The second-order valence-corrected chi connectivity index (χ2v) is 8.16. The van der Waals surface area contributed by atoms with Gasteiger partial charge in [-0.25, -0.2) is 14.2 Å². The van der Waals surface area contributed by atoms with Crippen LogP contribution >= 0.6 is 11.3 Å². The molecule has 0 saturated carbocycles. The van der Waals surface area contributed by atoms with Gasteiger partial charge in [0.25, 0.3) is 5.56 Å². The highest BCUT2D eigenvalue weighted by Crippen LogP contribution is 2.26. The summed E-state index contributed by atoms with van der Waals surface area (Å²) in [5.41, 5.74) is 4.26. The zero-order valence-corrected chi connectivity index (χ0v) is 17.0. The molecule has 0 amide bonds. The van der Waals surface area contributed by atoms with Gasteiger partial charge in [0.2, 0.25) is 0 Å². The third kappa shape index (κ3) is 2.83. The van der Waals surface area contributed by atoms with Gasteiger partial charge in [0, 0.05) is 11.6 Å². The van der Waals surface area contributed by atoms with Crippen LogP contribution in [0.3, 0.4) is 0 Å². The number of fused-ring (bicyclic) bond motifs is 3. The van der Waals surface area contributed by atoms with Crippen molar-refractivity contribution >= 4 is 39.4 Å². The van der Waals surface area contributed by atoms with Gasteiger partial charge in [-0.15, -0.1) is 0 Å². The Bertz CT molecular complexity index is 1570. The van der Waals surface area contributed by atoms with Crippen molar-refractivity contribution in [2.75, 3.05) is 0 Å². The van der Waals surface area contributed by atoms with E-state index >= 15 is 0 Å². The summed E-state index contributed by atoms with van der Waals surface area (Å²) in [4.78, 5) is 29.8. The second kappa shape index (κ2) is 6.67. The van der Waals surface area contributed by atoms with Crippen LogP contribution in [0, 0.1) is 13.8 Å². The van der Waals surface area contributed by atoms with E-state index < -0.39 is 5.97 Å². The van der Waals surface area contributed by atoms with Crippen LogP contribution in [0.15, 0.2) is 57.7 Å². The van der Waals surface area contributed by atoms with Crippen LogP contribution < -0.4 is 10.1 Å². The minimum atomic E-state index is -1.02. The van der Waals surface area contributed by atoms with E-state index in [-0.39, 0.29) is 11.1 Å². The van der Waals surface area contributed by atoms with E-state index in [0.717, 1.165) is 22.2 Å². The van der Waals surface area contributed by atoms with E-state index in [9.17, 15) is 14.7 Å². The molecular weight excluding hydrogens is 400 g/mol. The summed E-state index contributed by atoms with van der Waals surface area (Å²) >= 11 is 1.30. The van der Waals surface area contributed by atoms with Gasteiger partial charge in [-0.1, -0.05) is 35.6 Å². The molecule has 7 heteroatoms. The molecule has 0 unspecified atom stereocenters. The van der Waals surface area contributed by atoms with Gasteiger partial charge in [0.1, 0.15) is 16.1 Å². The lowest BCUT2D eigenvalue weighted by Crippen LogP contribution is -2.22. The molecule has 0 spiro atoms. The van der Waals surface area contributed by atoms with Gasteiger partial charge >= 0.3 is 5.97 Å². The molecular formula is C23H16N2O4S. The number of carbonyl (C=O) groups is 1. The molecule has 3 aromatic heterocycles. The Morgan fingerprint density at radius 1 is 1.17 bits per heavy atom. The summed E-state index contributed by atoms with van der Waals surface area (Å²) in [7, 11) is 0. The predicted molar refractivity (Wildman–Crippen MR) is 116 cm³/mol. The van der Waals surface area contributed by atoms with Crippen molar-refractivity contribution in [2.24, 2.45) is 0 Å². The fraction of sp³-hybridized carbons (Fsp3) is 0.0870. The number of imidazole rings is 1. The molecule has 0 radical (unpaired) electrons. The van der Waals surface area contributed by atoms with Crippen LogP contribution in [0.2, 0.25) is 0 Å². The molecule has 0 bridgehead atoms. The van der Waals surface area contributed by atoms with Crippen LogP contribution in [-0.4, -0.2) is 20.5 Å². The highest BCUT2D eigenvalue weighted by molar-refractivity contribution is 7.15. The number of furan rings is 1. The van der Waals surface area contributed by atoms with Crippen molar-refractivity contribution in [1.29, 1.82) is 0 Å². The van der Waals surface area contributed by atoms with Gasteiger partial charge in [0.15, 0.2) is 4.96 Å². The van der Waals surface area contributed by atoms with Crippen molar-refractivity contribution < 1.29 is 14.3 Å². The molecule has 2 aromatic carbocycles. The Morgan fingerprint density at radius 3 is 2.77 bits per heavy atom. The van der Waals surface area contributed by atoms with Crippen molar-refractivity contribution in [3.8, 4) is 11.3 Å². The molecule has 0 aliphatic carbocycles. The predicted octanol–water partition coefficient (Wildman–Crippen LogP) is 4.03. The fourth-order valence-electron chi connectivity index (χ4n) is 3.70. The van der Waals surface area contributed by atoms with Crippen LogP contribution in [0.25, 0.3) is 33.4 Å². The second-order valence-electron chi connectivity index (χ2n) is 7.15. The maximum absolute atomic E-state index is 13.0. The Hall–Kier alpha value is -3.71. The number of aryl methyl sites for hydroxylation is 2. The third-order valence-electron chi connectivity index (χ3n) is 5.00. The van der Waals surface area contributed by atoms with Crippen LogP contribution in [0.5, 0.6) is 0 Å². The lowest BCUT2D eigenvalue weighted by molar-refractivity contribution is 0.0697. The largest absolute Gasteiger partial charge is 0.478 e. The molecule has 5 aromatic rings. The first-order valence-corrected chi connectivity index (χ1v) is 10.1. The van der Waals surface area contributed by atoms with Gasteiger partial charge in [0.05, 0.1) is 16.6 Å². The number of thiazole rings is 1. The quantitative estimate of drug-likeness (QED) is 0.480. The van der Waals surface area contributed by atoms with E-state index in [1.165, 1.54) is 17.4 Å². The van der Waals surface area contributed by atoms with E-state index in [1.807, 2.05) is 19.9 Å². The Labute approximate surface area is 174 Å². The summed E-state index contributed by atoms with van der Waals surface area (Å²) in [5, 5.41) is 9.39. The maximum Gasteiger partial charge on any atom is 0.336 e. The minimum absolute atomic E-state index is 0.147. The molecule has 0 aliphatic heterocycles. The molecule has 5 rings (SSSR count). The first kappa shape index (κ1) is 18.3. The Morgan fingerprint density at radius 2 is 1.97 bits per heavy atom. The summed E-state index contributed by atoms with van der Waals surface area (Å²) < 4.78 is 7.98. The highest BCUT2D eigenvalue weighted by atomic mass is 32.1. The number of rotatable bonds is 3. The molecule has 0 atom stereocenters. The molecule has 6 nitrogen and oxygen atoms in total. The molecule has 30 heavy (non-hydrogen) atoms. The van der Waals surface area contributed by atoms with Gasteiger partial charge in [-0.3, -0.25) is 4.79 Å². The van der Waals surface area contributed by atoms with Gasteiger partial charge < -0.3 is 9.52 Å². The number of benzene rings is 2. The van der Waals surface area contributed by atoms with Gasteiger partial charge in [-0.05, 0) is 49.2 Å². The van der Waals surface area contributed by atoms with E-state index in [4.69, 9.17) is 4.42 Å². The lowest BCUT2D eigenvalue weighted by atomic mass is 10.1. The van der Waals surface area contributed by atoms with E-state index in [2.05, 4.69) is 11.1 Å². The molecule has 0 aliphatic rings. The molecule has 1 N–H and O–H groups in total. The maximum atomic E-state index is 13.0. The summed E-state index contributed by atoms with van der Waals surface area (Å²) in [6, 6.07) is 14.1. The summed E-state index contributed by atoms with van der Waals surface area (Å²) in [5.74, 6) is -0.112. The smallest absolute Gasteiger partial charge is 0.336 e. The molecule has 148 valence electrons. The average molecular weight is 416 g/mol. The van der Waals surface area contributed by atoms with Crippen LogP contribution in [-0.2, 0) is 0 Å². The van der Waals surface area contributed by atoms with Gasteiger partial charge in [-0.2, -0.15) is 0 Å². The topological polar surface area (TPSA) is 84.8 Å². The van der Waals surface area contributed by atoms with E-state index in [0.29, 0.717) is 26.6 Å². The lowest BCUT2D eigenvalue weighted by Gasteiger charge is -2.01. The normalized spacial score (nSPS) is 12.3. The summed E-state index contributed by atoms with van der Waals surface area (Å²) in [6.07, 6.45) is 1.67. The fourth-order valence-corrected chi connectivity index (χ4v) is 4.66. The number of aromatic carboxylic acids is 1. The van der Waals surface area contributed by atoms with Crippen molar-refractivity contribution in [2.45, 2.75) is 13.8 Å². The first-order chi connectivity index (χ1) is 14.4. The van der Waals surface area contributed by atoms with Crippen molar-refractivity contribution in [3.63, 3.8) is 0 Å².